The van der Waals surface area contributed by atoms with Gasteiger partial charge < -0.3 is 15.4 Å². The van der Waals surface area contributed by atoms with E-state index in [2.05, 4.69) is 6.92 Å². The lowest BCUT2D eigenvalue weighted by Crippen LogP contribution is -2.49. The lowest BCUT2D eigenvalue weighted by Gasteiger charge is -2.38. The Morgan fingerprint density at radius 1 is 1.39 bits per heavy atom. The van der Waals surface area contributed by atoms with E-state index in [9.17, 15) is 4.79 Å². The molecule has 6 heteroatoms. The highest BCUT2D eigenvalue weighted by molar-refractivity contribution is 8.00. The first-order chi connectivity index (χ1) is 10.6. The molecule has 1 heterocycles. The van der Waals surface area contributed by atoms with E-state index in [0.29, 0.717) is 24.8 Å². The zero-order chi connectivity index (χ0) is 15.9. The molecule has 0 saturated carbocycles. The number of benzene rings is 1. The number of thioether (sulfide) groups is 1. The first kappa shape index (κ1) is 20.1. The fourth-order valence-electron chi connectivity index (χ4n) is 2.83. The molecular formula is C17H27ClN2O2S. The summed E-state index contributed by atoms with van der Waals surface area (Å²) in [7, 11) is 0. The molecule has 2 N–H and O–H groups in total. The molecule has 0 bridgehead atoms. The summed E-state index contributed by atoms with van der Waals surface area (Å²) in [6.07, 6.45) is 2.10. The van der Waals surface area contributed by atoms with Crippen molar-refractivity contribution in [2.75, 3.05) is 25.4 Å². The maximum atomic E-state index is 12.4. The van der Waals surface area contributed by atoms with Crippen LogP contribution in [0, 0.1) is 5.92 Å². The minimum absolute atomic E-state index is 0. The number of piperidine rings is 1. The van der Waals surface area contributed by atoms with Crippen molar-refractivity contribution < 1.29 is 9.53 Å². The zero-order valence-electron chi connectivity index (χ0n) is 13.9. The molecule has 0 radical (unpaired) electrons. The van der Waals surface area contributed by atoms with Crippen LogP contribution in [0.15, 0.2) is 29.2 Å². The number of hydrogen-bond donors (Lipinski definition) is 1. The molecule has 23 heavy (non-hydrogen) atoms. The van der Waals surface area contributed by atoms with Crippen LogP contribution in [0.4, 0.5) is 0 Å². The van der Waals surface area contributed by atoms with E-state index in [0.717, 1.165) is 30.0 Å². The first-order valence-electron chi connectivity index (χ1n) is 7.99. The van der Waals surface area contributed by atoms with Crippen molar-refractivity contribution in [3.63, 3.8) is 0 Å². The Kier molecular flexibility index (Phi) is 8.81. The van der Waals surface area contributed by atoms with Crippen LogP contribution in [-0.2, 0) is 4.79 Å². The van der Waals surface area contributed by atoms with Gasteiger partial charge in [-0.3, -0.25) is 4.79 Å². The Morgan fingerprint density at radius 3 is 2.70 bits per heavy atom. The lowest BCUT2D eigenvalue weighted by atomic mass is 9.92. The van der Waals surface area contributed by atoms with Gasteiger partial charge in [0.25, 0.3) is 0 Å². The molecule has 2 unspecified atom stereocenters. The Morgan fingerprint density at radius 2 is 2.09 bits per heavy atom. The molecular weight excluding hydrogens is 332 g/mol. The van der Waals surface area contributed by atoms with E-state index in [1.165, 1.54) is 0 Å². The zero-order valence-corrected chi connectivity index (χ0v) is 15.5. The molecule has 0 spiro atoms. The monoisotopic (exact) mass is 358 g/mol. The van der Waals surface area contributed by atoms with Crippen LogP contribution in [0.5, 0.6) is 5.75 Å². The second-order valence-electron chi connectivity index (χ2n) is 5.80. The standard InChI is InChI=1S/C17H26N2O2S.ClH/c1-3-21-15-4-6-16(7-5-15)22-12-17(20)19-9-8-13(2)10-14(19)11-18;/h4-7,13-14H,3,8-12,18H2,1-2H3;1H. The summed E-state index contributed by atoms with van der Waals surface area (Å²) < 4.78 is 5.42. The Hall–Kier alpha value is -0.910. The molecule has 1 amide bonds. The van der Waals surface area contributed by atoms with E-state index < -0.39 is 0 Å². The second-order valence-corrected chi connectivity index (χ2v) is 6.85. The first-order valence-corrected chi connectivity index (χ1v) is 8.97. The summed E-state index contributed by atoms with van der Waals surface area (Å²) in [5.41, 5.74) is 5.83. The molecule has 1 aliphatic heterocycles. The van der Waals surface area contributed by atoms with Gasteiger partial charge in [-0.25, -0.2) is 0 Å². The van der Waals surface area contributed by atoms with Gasteiger partial charge in [0, 0.05) is 24.0 Å². The predicted molar refractivity (Wildman–Crippen MR) is 98.5 cm³/mol. The second kappa shape index (κ2) is 10.1. The number of carbonyl (C=O) groups excluding carboxylic acids is 1. The Bertz CT molecular complexity index is 484. The largest absolute Gasteiger partial charge is 0.494 e. The number of amides is 1. The number of rotatable bonds is 6. The highest BCUT2D eigenvalue weighted by atomic mass is 35.5. The topological polar surface area (TPSA) is 55.6 Å². The molecule has 1 aliphatic rings. The van der Waals surface area contributed by atoms with E-state index in [4.69, 9.17) is 10.5 Å². The third-order valence-corrected chi connectivity index (χ3v) is 5.06. The number of halogens is 1. The minimum Gasteiger partial charge on any atom is -0.494 e. The van der Waals surface area contributed by atoms with Crippen molar-refractivity contribution in [3.8, 4) is 5.75 Å². The van der Waals surface area contributed by atoms with Gasteiger partial charge in [-0.05, 0) is 49.9 Å². The van der Waals surface area contributed by atoms with Gasteiger partial charge in [0.2, 0.25) is 5.91 Å². The molecule has 130 valence electrons. The van der Waals surface area contributed by atoms with Crippen LogP contribution < -0.4 is 10.5 Å². The van der Waals surface area contributed by atoms with Crippen molar-refractivity contribution in [2.24, 2.45) is 11.7 Å². The van der Waals surface area contributed by atoms with E-state index in [-0.39, 0.29) is 24.4 Å². The molecule has 1 aromatic carbocycles. The van der Waals surface area contributed by atoms with E-state index in [1.54, 1.807) is 11.8 Å². The van der Waals surface area contributed by atoms with Gasteiger partial charge in [0.15, 0.2) is 0 Å². The van der Waals surface area contributed by atoms with Crippen LogP contribution in [0.3, 0.4) is 0 Å². The summed E-state index contributed by atoms with van der Waals surface area (Å²) in [6.45, 7) is 6.27. The number of carbonyl (C=O) groups is 1. The third kappa shape index (κ3) is 5.90. The number of nitrogens with zero attached hydrogens (tertiary/aromatic N) is 1. The fourth-order valence-corrected chi connectivity index (χ4v) is 3.61. The summed E-state index contributed by atoms with van der Waals surface area (Å²) in [4.78, 5) is 15.5. The van der Waals surface area contributed by atoms with Gasteiger partial charge >= 0.3 is 0 Å². The maximum absolute atomic E-state index is 12.4. The molecule has 1 aromatic rings. The number of likely N-dealkylation sites (tertiary alicyclic amines) is 1. The number of ether oxygens (including phenoxy) is 1. The summed E-state index contributed by atoms with van der Waals surface area (Å²) in [5, 5.41) is 0. The van der Waals surface area contributed by atoms with Gasteiger partial charge in [-0.1, -0.05) is 6.92 Å². The van der Waals surface area contributed by atoms with Crippen molar-refractivity contribution >= 4 is 30.1 Å². The van der Waals surface area contributed by atoms with Crippen LogP contribution in [-0.4, -0.2) is 42.3 Å². The van der Waals surface area contributed by atoms with Gasteiger partial charge in [0.05, 0.1) is 12.4 Å². The average Bonchev–Trinajstić information content (AvgIpc) is 2.54. The van der Waals surface area contributed by atoms with Crippen LogP contribution in [0.25, 0.3) is 0 Å². The van der Waals surface area contributed by atoms with E-state index in [1.807, 2.05) is 36.1 Å². The molecule has 1 saturated heterocycles. The normalized spacial score (nSPS) is 20.7. The van der Waals surface area contributed by atoms with Crippen LogP contribution in [0.1, 0.15) is 26.7 Å². The van der Waals surface area contributed by atoms with Gasteiger partial charge in [0.1, 0.15) is 5.75 Å². The van der Waals surface area contributed by atoms with E-state index >= 15 is 0 Å². The average molecular weight is 359 g/mol. The maximum Gasteiger partial charge on any atom is 0.233 e. The minimum atomic E-state index is 0. The highest BCUT2D eigenvalue weighted by Gasteiger charge is 2.28. The SMILES string of the molecule is CCOc1ccc(SCC(=O)N2CCC(C)CC2CN)cc1.Cl. The summed E-state index contributed by atoms with van der Waals surface area (Å²) in [6, 6.07) is 8.10. The number of hydrogen-bond acceptors (Lipinski definition) is 4. The highest BCUT2D eigenvalue weighted by Crippen LogP contribution is 2.25. The van der Waals surface area contributed by atoms with Crippen molar-refractivity contribution in [1.29, 1.82) is 0 Å². The Balaban J connectivity index is 0.00000264. The molecule has 1 fully saturated rings. The Labute approximate surface area is 149 Å². The fraction of sp³-hybridized carbons (Fsp3) is 0.588. The lowest BCUT2D eigenvalue weighted by molar-refractivity contribution is -0.132. The molecule has 0 aromatic heterocycles. The van der Waals surface area contributed by atoms with Crippen molar-refractivity contribution in [1.82, 2.24) is 4.90 Å². The van der Waals surface area contributed by atoms with Gasteiger partial charge in [-0.15, -0.1) is 24.2 Å². The molecule has 0 aliphatic carbocycles. The smallest absolute Gasteiger partial charge is 0.233 e. The summed E-state index contributed by atoms with van der Waals surface area (Å²) in [5.74, 6) is 2.20. The van der Waals surface area contributed by atoms with Crippen molar-refractivity contribution in [2.45, 2.75) is 37.6 Å². The third-order valence-electron chi connectivity index (χ3n) is 4.07. The molecule has 2 rings (SSSR count). The van der Waals surface area contributed by atoms with Crippen LogP contribution >= 0.6 is 24.2 Å². The quantitative estimate of drug-likeness (QED) is 0.793. The van der Waals surface area contributed by atoms with Crippen molar-refractivity contribution in [3.05, 3.63) is 24.3 Å². The van der Waals surface area contributed by atoms with Crippen LogP contribution in [0.2, 0.25) is 0 Å². The molecule has 2 atom stereocenters. The summed E-state index contributed by atoms with van der Waals surface area (Å²) >= 11 is 1.57. The number of nitrogens with two attached hydrogens (primary N) is 1. The predicted octanol–water partition coefficient (Wildman–Crippen LogP) is 3.19. The van der Waals surface area contributed by atoms with Gasteiger partial charge in [-0.2, -0.15) is 0 Å². The molecule has 4 nitrogen and oxygen atoms in total.